The van der Waals surface area contributed by atoms with Crippen LogP contribution in [0.15, 0.2) is 23.0 Å². The summed E-state index contributed by atoms with van der Waals surface area (Å²) in [5.41, 5.74) is 2.17. The highest BCUT2D eigenvalue weighted by atomic mass is 16.5. The van der Waals surface area contributed by atoms with Crippen LogP contribution in [-0.2, 0) is 4.74 Å². The normalized spacial score (nSPS) is 26.5. The minimum atomic E-state index is -0.116. The quantitative estimate of drug-likeness (QED) is 0.901. The fraction of sp³-hybridized carbons (Fsp3) is 0.600. The average molecular weight is 355 g/mol. The minimum absolute atomic E-state index is 0.0571. The van der Waals surface area contributed by atoms with Crippen LogP contribution in [-0.4, -0.2) is 45.7 Å². The van der Waals surface area contributed by atoms with Gasteiger partial charge in [-0.05, 0) is 50.3 Å². The number of hydrogen-bond donors (Lipinski definition) is 1. The lowest BCUT2D eigenvalue weighted by atomic mass is 9.95. The van der Waals surface area contributed by atoms with Crippen molar-refractivity contribution in [1.29, 1.82) is 0 Å². The molecule has 5 rings (SSSR count). The number of H-pyrrole nitrogens is 1. The molecule has 3 heterocycles. The summed E-state index contributed by atoms with van der Waals surface area (Å²) in [6.45, 7) is 2.18. The SMILES string of the molecule is O=C(c1ccc2c(c1)[nH]c(=O)n2C1CCCC1)N1CCCC12CCOC2. The Kier molecular flexibility index (Phi) is 3.71. The van der Waals surface area contributed by atoms with Crippen LogP contribution >= 0.6 is 0 Å². The zero-order valence-corrected chi connectivity index (χ0v) is 15.0. The molecule has 1 saturated carbocycles. The molecule has 0 radical (unpaired) electrons. The molecule has 1 aromatic carbocycles. The van der Waals surface area contributed by atoms with E-state index in [-0.39, 0.29) is 23.2 Å². The zero-order chi connectivity index (χ0) is 17.7. The first kappa shape index (κ1) is 16.1. The van der Waals surface area contributed by atoms with Crippen molar-refractivity contribution < 1.29 is 9.53 Å². The number of nitrogens with zero attached hydrogens (tertiary/aromatic N) is 2. The molecular weight excluding hydrogens is 330 g/mol. The Morgan fingerprint density at radius 1 is 1.19 bits per heavy atom. The van der Waals surface area contributed by atoms with Crippen LogP contribution in [0.1, 0.15) is 61.3 Å². The van der Waals surface area contributed by atoms with Gasteiger partial charge in [0.25, 0.3) is 5.91 Å². The van der Waals surface area contributed by atoms with Crippen molar-refractivity contribution in [3.63, 3.8) is 0 Å². The van der Waals surface area contributed by atoms with Crippen molar-refractivity contribution in [2.45, 2.75) is 56.5 Å². The fourth-order valence-electron chi connectivity index (χ4n) is 5.21. The van der Waals surface area contributed by atoms with Crippen molar-refractivity contribution in [1.82, 2.24) is 14.5 Å². The van der Waals surface area contributed by atoms with E-state index in [1.54, 1.807) is 0 Å². The lowest BCUT2D eigenvalue weighted by Crippen LogP contribution is -2.47. The van der Waals surface area contributed by atoms with E-state index in [9.17, 15) is 9.59 Å². The van der Waals surface area contributed by atoms with E-state index in [2.05, 4.69) is 4.98 Å². The van der Waals surface area contributed by atoms with Crippen LogP contribution in [0.4, 0.5) is 0 Å². The lowest BCUT2D eigenvalue weighted by Gasteiger charge is -2.33. The third-order valence-corrected chi connectivity index (χ3v) is 6.58. The van der Waals surface area contributed by atoms with Crippen molar-refractivity contribution in [3.8, 4) is 0 Å². The summed E-state index contributed by atoms with van der Waals surface area (Å²) in [4.78, 5) is 30.6. The van der Waals surface area contributed by atoms with Crippen molar-refractivity contribution in [2.75, 3.05) is 19.8 Å². The number of imidazole rings is 1. The van der Waals surface area contributed by atoms with Gasteiger partial charge in [0.05, 0.1) is 23.2 Å². The van der Waals surface area contributed by atoms with Gasteiger partial charge >= 0.3 is 5.69 Å². The largest absolute Gasteiger partial charge is 0.379 e. The van der Waals surface area contributed by atoms with Gasteiger partial charge in [-0.25, -0.2) is 4.79 Å². The predicted octanol–water partition coefficient (Wildman–Crippen LogP) is 2.84. The van der Waals surface area contributed by atoms with E-state index in [1.807, 2.05) is 27.7 Å². The summed E-state index contributed by atoms with van der Waals surface area (Å²) in [7, 11) is 0. The number of likely N-dealkylation sites (tertiary alicyclic amines) is 1. The number of aromatic nitrogens is 2. The van der Waals surface area contributed by atoms with E-state index >= 15 is 0 Å². The zero-order valence-electron chi connectivity index (χ0n) is 15.0. The van der Waals surface area contributed by atoms with E-state index in [1.165, 1.54) is 12.8 Å². The average Bonchev–Trinajstić information content (AvgIpc) is 3.41. The number of benzene rings is 1. The standard InChI is InChI=1S/C20H25N3O3/c24-18(22-10-3-8-20(22)9-11-26-13-20)14-6-7-17-16(12-14)21-19(25)23(17)15-4-1-2-5-15/h6-7,12,15H,1-5,8-11,13H2,(H,21,25). The lowest BCUT2D eigenvalue weighted by molar-refractivity contribution is 0.0550. The maximum Gasteiger partial charge on any atom is 0.326 e. The maximum atomic E-state index is 13.2. The molecule has 26 heavy (non-hydrogen) atoms. The number of rotatable bonds is 2. The van der Waals surface area contributed by atoms with Gasteiger partial charge in [0, 0.05) is 24.8 Å². The Morgan fingerprint density at radius 2 is 2.04 bits per heavy atom. The third kappa shape index (κ3) is 2.35. The summed E-state index contributed by atoms with van der Waals surface area (Å²) in [5.74, 6) is 0.0596. The van der Waals surface area contributed by atoms with Crippen LogP contribution in [0.25, 0.3) is 11.0 Å². The van der Waals surface area contributed by atoms with Gasteiger partial charge < -0.3 is 14.6 Å². The highest BCUT2D eigenvalue weighted by molar-refractivity contribution is 5.98. The molecule has 1 aliphatic carbocycles. The highest BCUT2D eigenvalue weighted by Gasteiger charge is 2.46. The topological polar surface area (TPSA) is 67.3 Å². The Labute approximate surface area is 152 Å². The number of nitrogens with one attached hydrogen (secondary N) is 1. The van der Waals surface area contributed by atoms with Gasteiger partial charge in [0.1, 0.15) is 0 Å². The molecule has 138 valence electrons. The molecule has 0 bridgehead atoms. The van der Waals surface area contributed by atoms with E-state index in [0.29, 0.717) is 12.2 Å². The molecule has 1 atom stereocenters. The molecule has 2 saturated heterocycles. The predicted molar refractivity (Wildman–Crippen MR) is 98.5 cm³/mol. The molecule has 1 aromatic heterocycles. The number of hydrogen-bond acceptors (Lipinski definition) is 3. The molecule has 6 heteroatoms. The third-order valence-electron chi connectivity index (χ3n) is 6.58. The van der Waals surface area contributed by atoms with E-state index in [4.69, 9.17) is 4.74 Å². The number of ether oxygens (including phenoxy) is 1. The molecule has 1 amide bonds. The molecule has 3 aliphatic rings. The van der Waals surface area contributed by atoms with Crippen LogP contribution in [0.5, 0.6) is 0 Å². The smallest absolute Gasteiger partial charge is 0.326 e. The van der Waals surface area contributed by atoms with Gasteiger partial charge in [-0.1, -0.05) is 12.8 Å². The summed E-state index contributed by atoms with van der Waals surface area (Å²) in [6.07, 6.45) is 7.46. The van der Waals surface area contributed by atoms with Crippen LogP contribution in [0.3, 0.4) is 0 Å². The molecule has 1 spiro atoms. The van der Waals surface area contributed by atoms with Crippen LogP contribution in [0.2, 0.25) is 0 Å². The van der Waals surface area contributed by atoms with Crippen molar-refractivity contribution in [2.24, 2.45) is 0 Å². The van der Waals surface area contributed by atoms with Crippen LogP contribution < -0.4 is 5.69 Å². The number of amides is 1. The van der Waals surface area contributed by atoms with Crippen molar-refractivity contribution in [3.05, 3.63) is 34.2 Å². The second kappa shape index (κ2) is 5.98. The summed E-state index contributed by atoms with van der Waals surface area (Å²) in [5, 5.41) is 0. The number of fused-ring (bicyclic) bond motifs is 1. The molecular formula is C20H25N3O3. The van der Waals surface area contributed by atoms with Gasteiger partial charge in [-0.3, -0.25) is 9.36 Å². The number of aromatic amines is 1. The Balaban J connectivity index is 1.50. The van der Waals surface area contributed by atoms with E-state index < -0.39 is 0 Å². The number of carbonyl (C=O) groups excluding carboxylic acids is 1. The summed E-state index contributed by atoms with van der Waals surface area (Å²) < 4.78 is 7.49. The van der Waals surface area contributed by atoms with Gasteiger partial charge in [0.15, 0.2) is 0 Å². The molecule has 2 aromatic rings. The molecule has 6 nitrogen and oxygen atoms in total. The van der Waals surface area contributed by atoms with Gasteiger partial charge in [0.2, 0.25) is 0 Å². The molecule has 1 unspecified atom stereocenters. The monoisotopic (exact) mass is 355 g/mol. The summed E-state index contributed by atoms with van der Waals surface area (Å²) in [6, 6.07) is 5.96. The first-order valence-electron chi connectivity index (χ1n) is 9.82. The second-order valence-electron chi connectivity index (χ2n) is 8.06. The van der Waals surface area contributed by atoms with Crippen LogP contribution in [0, 0.1) is 0 Å². The Morgan fingerprint density at radius 3 is 2.81 bits per heavy atom. The summed E-state index contributed by atoms with van der Waals surface area (Å²) >= 11 is 0. The molecule has 1 N–H and O–H groups in total. The minimum Gasteiger partial charge on any atom is -0.379 e. The fourth-order valence-corrected chi connectivity index (χ4v) is 5.21. The maximum absolute atomic E-state index is 13.2. The number of carbonyl (C=O) groups is 1. The van der Waals surface area contributed by atoms with E-state index in [0.717, 1.165) is 56.3 Å². The molecule has 2 aliphatic heterocycles. The highest BCUT2D eigenvalue weighted by Crippen LogP contribution is 2.37. The van der Waals surface area contributed by atoms with Gasteiger partial charge in [-0.2, -0.15) is 0 Å². The van der Waals surface area contributed by atoms with Crippen molar-refractivity contribution >= 4 is 16.9 Å². The Bertz CT molecular complexity index is 895. The second-order valence-corrected chi connectivity index (χ2v) is 8.06. The first-order valence-corrected chi connectivity index (χ1v) is 9.82. The van der Waals surface area contributed by atoms with Gasteiger partial charge in [-0.15, -0.1) is 0 Å². The first-order chi connectivity index (χ1) is 12.7. The molecule has 3 fully saturated rings. The Hall–Kier alpha value is -2.08.